The van der Waals surface area contributed by atoms with Crippen LogP contribution in [-0.2, 0) is 10.0 Å². The van der Waals surface area contributed by atoms with E-state index < -0.39 is 10.0 Å². The first kappa shape index (κ1) is 11.9. The topological polar surface area (TPSA) is 52.0 Å². The SMILES string of the molecule is Cc1cc(C)c(S(=O)(=O)n2cccn2)c(C)c1. The van der Waals surface area contributed by atoms with Crippen molar-refractivity contribution in [3.8, 4) is 0 Å². The largest absolute Gasteiger partial charge is 0.283 e. The van der Waals surface area contributed by atoms with E-state index in [1.807, 2.05) is 19.1 Å². The van der Waals surface area contributed by atoms with E-state index in [2.05, 4.69) is 5.10 Å². The summed E-state index contributed by atoms with van der Waals surface area (Å²) in [5.74, 6) is 0. The molecule has 2 rings (SSSR count). The molecule has 0 aliphatic carbocycles. The first-order valence-electron chi connectivity index (χ1n) is 5.26. The summed E-state index contributed by atoms with van der Waals surface area (Å²) in [7, 11) is -3.57. The van der Waals surface area contributed by atoms with E-state index in [1.165, 1.54) is 12.4 Å². The van der Waals surface area contributed by atoms with Gasteiger partial charge in [-0.25, -0.2) is 0 Å². The molecule has 0 saturated heterocycles. The van der Waals surface area contributed by atoms with Crippen molar-refractivity contribution < 1.29 is 8.42 Å². The van der Waals surface area contributed by atoms with Crippen molar-refractivity contribution in [2.24, 2.45) is 0 Å². The van der Waals surface area contributed by atoms with E-state index in [-0.39, 0.29) is 0 Å². The van der Waals surface area contributed by atoms with Gasteiger partial charge in [0.15, 0.2) is 0 Å². The first-order chi connectivity index (χ1) is 7.93. The molecule has 0 aliphatic heterocycles. The second kappa shape index (κ2) is 4.00. The molecule has 17 heavy (non-hydrogen) atoms. The van der Waals surface area contributed by atoms with Gasteiger partial charge in [0.1, 0.15) is 0 Å². The van der Waals surface area contributed by atoms with Crippen LogP contribution in [0.4, 0.5) is 0 Å². The van der Waals surface area contributed by atoms with Gasteiger partial charge < -0.3 is 0 Å². The Kier molecular flexibility index (Phi) is 2.79. The van der Waals surface area contributed by atoms with Crippen molar-refractivity contribution in [1.82, 2.24) is 9.19 Å². The highest BCUT2D eigenvalue weighted by molar-refractivity contribution is 7.90. The molecule has 0 saturated carbocycles. The molecule has 0 N–H and O–H groups in total. The fourth-order valence-electron chi connectivity index (χ4n) is 2.06. The van der Waals surface area contributed by atoms with Crippen LogP contribution in [0.5, 0.6) is 0 Å². The standard InChI is InChI=1S/C12H14N2O2S/c1-9-7-10(2)12(11(3)8-9)17(15,16)14-6-4-5-13-14/h4-8H,1-3H3. The lowest BCUT2D eigenvalue weighted by atomic mass is 10.1. The monoisotopic (exact) mass is 250 g/mol. The second-order valence-corrected chi connectivity index (χ2v) is 5.84. The number of hydrogen-bond acceptors (Lipinski definition) is 3. The molecule has 0 spiro atoms. The maximum atomic E-state index is 12.3. The Hall–Kier alpha value is -1.62. The van der Waals surface area contributed by atoms with Crippen LogP contribution in [-0.4, -0.2) is 17.6 Å². The van der Waals surface area contributed by atoms with Crippen LogP contribution < -0.4 is 0 Å². The third kappa shape index (κ3) is 1.98. The summed E-state index contributed by atoms with van der Waals surface area (Å²) in [6.45, 7) is 5.55. The van der Waals surface area contributed by atoms with Crippen LogP contribution in [0, 0.1) is 20.8 Å². The molecule has 90 valence electrons. The highest BCUT2D eigenvalue weighted by Gasteiger charge is 2.21. The van der Waals surface area contributed by atoms with Gasteiger partial charge in [0, 0.05) is 6.20 Å². The average molecular weight is 250 g/mol. The molecule has 0 bridgehead atoms. The van der Waals surface area contributed by atoms with Crippen LogP contribution in [0.25, 0.3) is 0 Å². The van der Waals surface area contributed by atoms with Crippen molar-refractivity contribution >= 4 is 10.0 Å². The van der Waals surface area contributed by atoms with E-state index in [0.717, 1.165) is 20.8 Å². The Morgan fingerprint density at radius 2 is 1.71 bits per heavy atom. The predicted molar refractivity (Wildman–Crippen MR) is 65.5 cm³/mol. The van der Waals surface area contributed by atoms with Crippen LogP contribution in [0.1, 0.15) is 16.7 Å². The van der Waals surface area contributed by atoms with E-state index in [1.54, 1.807) is 19.9 Å². The molecular formula is C12H14N2O2S. The van der Waals surface area contributed by atoms with Gasteiger partial charge in [-0.05, 0) is 38.0 Å². The van der Waals surface area contributed by atoms with Crippen LogP contribution >= 0.6 is 0 Å². The van der Waals surface area contributed by atoms with E-state index >= 15 is 0 Å². The van der Waals surface area contributed by atoms with Crippen LogP contribution in [0.2, 0.25) is 0 Å². The number of nitrogens with zero attached hydrogens (tertiary/aromatic N) is 2. The van der Waals surface area contributed by atoms with Crippen LogP contribution in [0.3, 0.4) is 0 Å². The Balaban J connectivity index is 2.71. The third-order valence-corrected chi connectivity index (χ3v) is 4.46. The Morgan fingerprint density at radius 1 is 1.12 bits per heavy atom. The maximum absolute atomic E-state index is 12.3. The lowest BCUT2D eigenvalue weighted by Gasteiger charge is -2.11. The average Bonchev–Trinajstić information content (AvgIpc) is 2.67. The minimum absolute atomic E-state index is 0.340. The highest BCUT2D eigenvalue weighted by Crippen LogP contribution is 2.23. The zero-order valence-electron chi connectivity index (χ0n) is 10.0. The van der Waals surface area contributed by atoms with Gasteiger partial charge >= 0.3 is 0 Å². The van der Waals surface area contributed by atoms with Gasteiger partial charge in [0.25, 0.3) is 10.0 Å². The lowest BCUT2D eigenvalue weighted by molar-refractivity contribution is 0.579. The van der Waals surface area contributed by atoms with Crippen molar-refractivity contribution in [3.63, 3.8) is 0 Å². The van der Waals surface area contributed by atoms with Gasteiger partial charge in [-0.1, -0.05) is 17.7 Å². The summed E-state index contributed by atoms with van der Waals surface area (Å²) in [6, 6.07) is 5.32. The number of rotatable bonds is 2. The molecule has 0 atom stereocenters. The number of benzene rings is 1. The molecule has 0 fully saturated rings. The van der Waals surface area contributed by atoms with Crippen molar-refractivity contribution in [1.29, 1.82) is 0 Å². The quantitative estimate of drug-likeness (QED) is 0.819. The van der Waals surface area contributed by atoms with Crippen LogP contribution in [0.15, 0.2) is 35.5 Å². The first-order valence-corrected chi connectivity index (χ1v) is 6.70. The van der Waals surface area contributed by atoms with Crippen molar-refractivity contribution in [2.45, 2.75) is 25.7 Å². The lowest BCUT2D eigenvalue weighted by Crippen LogP contribution is -2.16. The summed E-state index contributed by atoms with van der Waals surface area (Å²) < 4.78 is 25.7. The minimum atomic E-state index is -3.57. The molecule has 2 aromatic rings. The molecule has 0 amide bonds. The highest BCUT2D eigenvalue weighted by atomic mass is 32.2. The van der Waals surface area contributed by atoms with Crippen molar-refractivity contribution in [3.05, 3.63) is 47.3 Å². The van der Waals surface area contributed by atoms with Crippen molar-refractivity contribution in [2.75, 3.05) is 0 Å². The summed E-state index contributed by atoms with van der Waals surface area (Å²) in [4.78, 5) is 0.340. The summed E-state index contributed by atoms with van der Waals surface area (Å²) in [6.07, 6.45) is 2.89. The van der Waals surface area contributed by atoms with Gasteiger partial charge in [-0.2, -0.15) is 17.6 Å². The zero-order chi connectivity index (χ0) is 12.6. The molecule has 1 aromatic heterocycles. The number of aryl methyl sites for hydroxylation is 3. The predicted octanol–water partition coefficient (Wildman–Crippen LogP) is 2.05. The fraction of sp³-hybridized carbons (Fsp3) is 0.250. The third-order valence-electron chi connectivity index (χ3n) is 2.59. The van der Waals surface area contributed by atoms with Gasteiger partial charge in [-0.15, -0.1) is 0 Å². The molecule has 0 aliphatic rings. The maximum Gasteiger partial charge on any atom is 0.283 e. The van der Waals surface area contributed by atoms with Gasteiger partial charge in [0.2, 0.25) is 0 Å². The summed E-state index contributed by atoms with van der Waals surface area (Å²) in [5, 5.41) is 3.80. The number of hydrogen-bond donors (Lipinski definition) is 0. The molecule has 0 radical (unpaired) electrons. The number of aromatic nitrogens is 2. The molecule has 4 nitrogen and oxygen atoms in total. The van der Waals surface area contributed by atoms with E-state index in [9.17, 15) is 8.42 Å². The molecule has 1 heterocycles. The molecule has 0 unspecified atom stereocenters. The summed E-state index contributed by atoms with van der Waals surface area (Å²) >= 11 is 0. The Bertz CT molecular complexity index is 620. The molecule has 1 aromatic carbocycles. The van der Waals surface area contributed by atoms with E-state index in [0.29, 0.717) is 4.90 Å². The van der Waals surface area contributed by atoms with Gasteiger partial charge in [-0.3, -0.25) is 0 Å². The zero-order valence-corrected chi connectivity index (χ0v) is 10.8. The minimum Gasteiger partial charge on any atom is -0.199 e. The molecule has 5 heteroatoms. The fourth-order valence-corrected chi connectivity index (χ4v) is 3.59. The Labute approximate surface area is 101 Å². The summed E-state index contributed by atoms with van der Waals surface area (Å²) in [5.41, 5.74) is 2.55. The normalized spacial score (nSPS) is 11.7. The second-order valence-electron chi connectivity index (χ2n) is 4.11. The van der Waals surface area contributed by atoms with E-state index in [4.69, 9.17) is 0 Å². The smallest absolute Gasteiger partial charge is 0.199 e. The Morgan fingerprint density at radius 3 is 2.18 bits per heavy atom. The van der Waals surface area contributed by atoms with Gasteiger partial charge in [0.05, 0.1) is 11.1 Å². The molecular weight excluding hydrogens is 236 g/mol.